The summed E-state index contributed by atoms with van der Waals surface area (Å²) in [5.74, 6) is 0.843. The van der Waals surface area contributed by atoms with Crippen LogP contribution < -0.4 is 5.32 Å². The molecule has 1 aromatic carbocycles. The summed E-state index contributed by atoms with van der Waals surface area (Å²) in [6.07, 6.45) is 1.79. The van der Waals surface area contributed by atoms with Gasteiger partial charge in [-0.05, 0) is 31.5 Å². The number of benzene rings is 1. The van der Waals surface area contributed by atoms with Crippen molar-refractivity contribution in [3.05, 3.63) is 52.4 Å². The summed E-state index contributed by atoms with van der Waals surface area (Å²) in [5, 5.41) is 4.23. The zero-order valence-electron chi connectivity index (χ0n) is 14.1. The molecule has 0 radical (unpaired) electrons. The second-order valence-electron chi connectivity index (χ2n) is 6.05. The number of rotatable bonds is 5. The van der Waals surface area contributed by atoms with Crippen molar-refractivity contribution in [1.29, 1.82) is 0 Å². The van der Waals surface area contributed by atoms with Crippen molar-refractivity contribution in [3.63, 3.8) is 0 Å². The molecule has 0 aliphatic carbocycles. The zero-order chi connectivity index (χ0) is 16.9. The van der Waals surface area contributed by atoms with E-state index < -0.39 is 0 Å². The molecule has 0 amide bonds. The van der Waals surface area contributed by atoms with Crippen molar-refractivity contribution in [2.75, 3.05) is 38.2 Å². The molecular weight excluding hydrogens is 324 g/mol. The van der Waals surface area contributed by atoms with Gasteiger partial charge in [-0.1, -0.05) is 23.7 Å². The van der Waals surface area contributed by atoms with Gasteiger partial charge in [0.2, 0.25) is 0 Å². The highest BCUT2D eigenvalue weighted by molar-refractivity contribution is 6.30. The van der Waals surface area contributed by atoms with Crippen LogP contribution >= 0.6 is 11.6 Å². The number of nitrogens with one attached hydrogen (secondary N) is 1. The second-order valence-corrected chi connectivity index (χ2v) is 6.48. The topological polar surface area (TPSA) is 50.3 Å². The Morgan fingerprint density at radius 2 is 2.08 bits per heavy atom. The van der Waals surface area contributed by atoms with Gasteiger partial charge in [0.05, 0.1) is 30.6 Å². The molecule has 3 rings (SSSR count). The lowest BCUT2D eigenvalue weighted by Gasteiger charge is -2.35. The fraction of sp³-hybridized carbons (Fsp3) is 0.444. The second kappa shape index (κ2) is 7.92. The van der Waals surface area contributed by atoms with E-state index in [1.807, 2.05) is 32.0 Å². The summed E-state index contributed by atoms with van der Waals surface area (Å²) in [6.45, 7) is 8.03. The molecule has 1 atom stereocenters. The van der Waals surface area contributed by atoms with Crippen LogP contribution in [-0.4, -0.2) is 47.7 Å². The van der Waals surface area contributed by atoms with Crippen molar-refractivity contribution in [2.45, 2.75) is 19.9 Å². The Kier molecular flexibility index (Phi) is 5.66. The maximum absolute atomic E-state index is 6.21. The van der Waals surface area contributed by atoms with Crippen LogP contribution in [0.25, 0.3) is 0 Å². The van der Waals surface area contributed by atoms with Gasteiger partial charge in [-0.25, -0.2) is 4.98 Å². The molecule has 2 aromatic rings. The zero-order valence-corrected chi connectivity index (χ0v) is 14.9. The van der Waals surface area contributed by atoms with Crippen LogP contribution in [0.2, 0.25) is 5.02 Å². The summed E-state index contributed by atoms with van der Waals surface area (Å²) in [7, 11) is 0. The average molecular weight is 347 g/mol. The molecule has 1 aliphatic heterocycles. The highest BCUT2D eigenvalue weighted by Crippen LogP contribution is 2.25. The fourth-order valence-corrected chi connectivity index (χ4v) is 3.16. The van der Waals surface area contributed by atoms with E-state index in [0.717, 1.165) is 55.1 Å². The van der Waals surface area contributed by atoms with Crippen molar-refractivity contribution in [2.24, 2.45) is 0 Å². The summed E-state index contributed by atoms with van der Waals surface area (Å²) >= 11 is 6.21. The van der Waals surface area contributed by atoms with Gasteiger partial charge in [-0.3, -0.25) is 9.88 Å². The number of nitrogens with zero attached hydrogens (tertiary/aromatic N) is 3. The first-order valence-corrected chi connectivity index (χ1v) is 8.62. The largest absolute Gasteiger partial charge is 0.379 e. The molecule has 1 aromatic heterocycles. The molecule has 0 bridgehead atoms. The van der Waals surface area contributed by atoms with Crippen molar-refractivity contribution in [1.82, 2.24) is 14.9 Å². The van der Waals surface area contributed by atoms with Gasteiger partial charge < -0.3 is 10.1 Å². The van der Waals surface area contributed by atoms with E-state index in [-0.39, 0.29) is 6.04 Å². The number of hydrogen-bond donors (Lipinski definition) is 1. The monoisotopic (exact) mass is 346 g/mol. The Balaban J connectivity index is 1.80. The Morgan fingerprint density at radius 3 is 2.83 bits per heavy atom. The lowest BCUT2D eigenvalue weighted by atomic mass is 10.0. The van der Waals surface area contributed by atoms with Crippen LogP contribution in [0.3, 0.4) is 0 Å². The molecule has 0 spiro atoms. The van der Waals surface area contributed by atoms with Crippen LogP contribution in [0.5, 0.6) is 0 Å². The molecule has 1 N–H and O–H groups in total. The predicted molar refractivity (Wildman–Crippen MR) is 96.6 cm³/mol. The molecule has 2 heterocycles. The molecule has 5 nitrogen and oxygen atoms in total. The van der Waals surface area contributed by atoms with Crippen LogP contribution in [0.1, 0.15) is 23.0 Å². The summed E-state index contributed by atoms with van der Waals surface area (Å²) in [5.41, 5.74) is 3.02. The van der Waals surface area contributed by atoms with Gasteiger partial charge >= 0.3 is 0 Å². The van der Waals surface area contributed by atoms with Crippen molar-refractivity contribution < 1.29 is 4.74 Å². The SMILES string of the molecule is Cc1cnc(C)c(NCC(c2cccc(Cl)c2)N2CCOCC2)n1. The minimum absolute atomic E-state index is 0.217. The minimum Gasteiger partial charge on any atom is -0.379 e. The third kappa shape index (κ3) is 4.23. The van der Waals surface area contributed by atoms with E-state index in [0.29, 0.717) is 0 Å². The number of morpholine rings is 1. The Bertz CT molecular complexity index is 688. The van der Waals surface area contributed by atoms with Crippen LogP contribution in [0, 0.1) is 13.8 Å². The summed E-state index contributed by atoms with van der Waals surface area (Å²) in [4.78, 5) is 11.4. The quantitative estimate of drug-likeness (QED) is 0.900. The van der Waals surface area contributed by atoms with Crippen LogP contribution in [0.15, 0.2) is 30.5 Å². The van der Waals surface area contributed by atoms with Crippen LogP contribution in [0.4, 0.5) is 5.82 Å². The predicted octanol–water partition coefficient (Wildman–Crippen LogP) is 3.23. The highest BCUT2D eigenvalue weighted by atomic mass is 35.5. The third-order valence-corrected chi connectivity index (χ3v) is 4.49. The third-order valence-electron chi connectivity index (χ3n) is 4.26. The maximum atomic E-state index is 6.21. The summed E-state index contributed by atoms with van der Waals surface area (Å²) in [6, 6.07) is 8.29. The smallest absolute Gasteiger partial charge is 0.147 e. The first-order valence-electron chi connectivity index (χ1n) is 8.25. The molecule has 1 unspecified atom stereocenters. The van der Waals surface area contributed by atoms with E-state index in [2.05, 4.69) is 26.3 Å². The Morgan fingerprint density at radius 1 is 1.29 bits per heavy atom. The van der Waals surface area contributed by atoms with Gasteiger partial charge in [0.25, 0.3) is 0 Å². The minimum atomic E-state index is 0.217. The molecular formula is C18H23ClN4O. The maximum Gasteiger partial charge on any atom is 0.147 e. The number of halogens is 1. The number of aryl methyl sites for hydroxylation is 2. The standard InChI is InChI=1S/C18H23ClN4O/c1-13-11-20-14(2)18(22-13)21-12-17(23-6-8-24-9-7-23)15-4-3-5-16(19)10-15/h3-5,10-11,17H,6-9,12H2,1-2H3,(H,21,22). The van der Waals surface area contributed by atoms with Crippen molar-refractivity contribution >= 4 is 17.4 Å². The molecule has 0 saturated carbocycles. The number of anilines is 1. The summed E-state index contributed by atoms with van der Waals surface area (Å²) < 4.78 is 5.50. The van der Waals surface area contributed by atoms with E-state index in [1.54, 1.807) is 6.20 Å². The molecule has 6 heteroatoms. The lowest BCUT2D eigenvalue weighted by Crippen LogP contribution is -2.41. The highest BCUT2D eigenvalue weighted by Gasteiger charge is 2.23. The van der Waals surface area contributed by atoms with Crippen LogP contribution in [-0.2, 0) is 4.74 Å². The fourth-order valence-electron chi connectivity index (χ4n) is 2.96. The molecule has 1 saturated heterocycles. The Hall–Kier alpha value is -1.69. The Labute approximate surface area is 148 Å². The molecule has 24 heavy (non-hydrogen) atoms. The normalized spacial score (nSPS) is 16.8. The molecule has 128 valence electrons. The number of hydrogen-bond acceptors (Lipinski definition) is 5. The first kappa shape index (κ1) is 17.1. The van der Waals surface area contributed by atoms with Gasteiger partial charge in [0, 0.05) is 30.9 Å². The number of ether oxygens (including phenoxy) is 1. The van der Waals surface area contributed by atoms with E-state index in [9.17, 15) is 0 Å². The van der Waals surface area contributed by atoms with E-state index >= 15 is 0 Å². The number of aromatic nitrogens is 2. The van der Waals surface area contributed by atoms with E-state index in [4.69, 9.17) is 16.3 Å². The molecule has 1 aliphatic rings. The van der Waals surface area contributed by atoms with Crippen molar-refractivity contribution in [3.8, 4) is 0 Å². The first-order chi connectivity index (χ1) is 11.6. The van der Waals surface area contributed by atoms with Gasteiger partial charge in [-0.15, -0.1) is 0 Å². The average Bonchev–Trinajstić information content (AvgIpc) is 2.59. The lowest BCUT2D eigenvalue weighted by molar-refractivity contribution is 0.0187. The van der Waals surface area contributed by atoms with Gasteiger partial charge in [0.1, 0.15) is 5.82 Å². The molecule has 1 fully saturated rings. The van der Waals surface area contributed by atoms with Gasteiger partial charge in [0.15, 0.2) is 0 Å². The van der Waals surface area contributed by atoms with E-state index in [1.165, 1.54) is 5.56 Å². The van der Waals surface area contributed by atoms with Gasteiger partial charge in [-0.2, -0.15) is 0 Å².